The Morgan fingerprint density at radius 1 is 1.22 bits per heavy atom. The van der Waals surface area contributed by atoms with Crippen molar-refractivity contribution in [2.45, 2.75) is 39.0 Å². The molecule has 0 bridgehead atoms. The number of aromatic nitrogens is 2. The van der Waals surface area contributed by atoms with Crippen LogP contribution in [0, 0.1) is 12.3 Å². The number of anilines is 1. The van der Waals surface area contributed by atoms with Crippen molar-refractivity contribution in [3.05, 3.63) is 30.2 Å². The Balaban J connectivity index is 1.80. The molecule has 1 atom stereocenters. The summed E-state index contributed by atoms with van der Waals surface area (Å²) < 4.78 is 0. The maximum absolute atomic E-state index is 4.62. The first kappa shape index (κ1) is 11.7. The fraction of sp³-hybridized carbons (Fsp3) is 0.600. The number of aryl methyl sites for hydroxylation is 1. The van der Waals surface area contributed by atoms with Crippen molar-refractivity contribution in [3.8, 4) is 0 Å². The van der Waals surface area contributed by atoms with Gasteiger partial charge in [-0.25, -0.2) is 4.98 Å². The molecule has 1 aromatic heterocycles. The van der Waals surface area contributed by atoms with E-state index in [4.69, 9.17) is 0 Å². The second-order valence-corrected chi connectivity index (χ2v) is 5.76. The first-order valence-electron chi connectivity index (χ1n) is 6.96. The Bertz CT molecular complexity index is 455. The first-order chi connectivity index (χ1) is 8.77. The van der Waals surface area contributed by atoms with Crippen molar-refractivity contribution in [1.82, 2.24) is 9.97 Å². The average Bonchev–Trinajstić information content (AvgIpc) is 2.40. The zero-order valence-corrected chi connectivity index (χ0v) is 11.1. The van der Waals surface area contributed by atoms with Crippen LogP contribution in [0.2, 0.25) is 0 Å². The summed E-state index contributed by atoms with van der Waals surface area (Å²) in [6.45, 7) is 4.29. The summed E-state index contributed by atoms with van der Waals surface area (Å²) in [5.41, 5.74) is 1.51. The largest absolute Gasteiger partial charge is 0.355 e. The molecule has 0 amide bonds. The van der Waals surface area contributed by atoms with Gasteiger partial charge in [0.2, 0.25) is 0 Å². The highest BCUT2D eigenvalue weighted by atomic mass is 15.2. The molecule has 1 aliphatic carbocycles. The van der Waals surface area contributed by atoms with Gasteiger partial charge >= 0.3 is 0 Å². The second-order valence-electron chi connectivity index (χ2n) is 5.76. The van der Waals surface area contributed by atoms with E-state index in [2.05, 4.69) is 27.0 Å². The fourth-order valence-electron chi connectivity index (χ4n) is 3.32. The number of hydrogen-bond acceptors (Lipinski definition) is 3. The molecular weight excluding hydrogens is 222 g/mol. The zero-order valence-electron chi connectivity index (χ0n) is 11.1. The van der Waals surface area contributed by atoms with Gasteiger partial charge in [0.25, 0.3) is 0 Å². The van der Waals surface area contributed by atoms with E-state index < -0.39 is 0 Å². The van der Waals surface area contributed by atoms with Crippen LogP contribution in [0.5, 0.6) is 0 Å². The minimum Gasteiger partial charge on any atom is -0.355 e. The SMILES string of the molecule is Cc1cncc(N2CCCC3(CC=CCC3)C2)n1. The van der Waals surface area contributed by atoms with Crippen LogP contribution in [0.1, 0.15) is 37.8 Å². The molecule has 18 heavy (non-hydrogen) atoms. The smallest absolute Gasteiger partial charge is 0.147 e. The Morgan fingerprint density at radius 3 is 2.94 bits per heavy atom. The normalized spacial score (nSPS) is 27.7. The van der Waals surface area contributed by atoms with Gasteiger partial charge in [-0.3, -0.25) is 4.98 Å². The van der Waals surface area contributed by atoms with Crippen LogP contribution < -0.4 is 4.90 Å². The summed E-state index contributed by atoms with van der Waals surface area (Å²) in [6.07, 6.45) is 14.9. The Kier molecular flexibility index (Phi) is 3.06. The average molecular weight is 243 g/mol. The molecule has 1 fully saturated rings. The third-order valence-corrected chi connectivity index (χ3v) is 4.29. The van der Waals surface area contributed by atoms with Crippen LogP contribution in [0.25, 0.3) is 0 Å². The molecule has 0 radical (unpaired) electrons. The lowest BCUT2D eigenvalue weighted by atomic mass is 9.71. The van der Waals surface area contributed by atoms with E-state index in [-0.39, 0.29) is 0 Å². The molecule has 1 unspecified atom stereocenters. The van der Waals surface area contributed by atoms with E-state index in [0.717, 1.165) is 24.6 Å². The fourth-order valence-corrected chi connectivity index (χ4v) is 3.32. The Hall–Kier alpha value is -1.38. The van der Waals surface area contributed by atoms with Gasteiger partial charge in [0, 0.05) is 19.3 Å². The minimum atomic E-state index is 0.498. The molecule has 1 saturated heterocycles. The highest BCUT2D eigenvalue weighted by Gasteiger charge is 2.35. The summed E-state index contributed by atoms with van der Waals surface area (Å²) in [7, 11) is 0. The topological polar surface area (TPSA) is 29.0 Å². The molecule has 0 N–H and O–H groups in total. The van der Waals surface area contributed by atoms with Crippen molar-refractivity contribution in [2.24, 2.45) is 5.41 Å². The molecule has 1 aromatic rings. The van der Waals surface area contributed by atoms with E-state index in [0.29, 0.717) is 5.41 Å². The second kappa shape index (κ2) is 4.71. The Morgan fingerprint density at radius 2 is 2.17 bits per heavy atom. The van der Waals surface area contributed by atoms with Crippen molar-refractivity contribution in [2.75, 3.05) is 18.0 Å². The van der Waals surface area contributed by atoms with Crippen LogP contribution in [-0.4, -0.2) is 23.1 Å². The third-order valence-electron chi connectivity index (χ3n) is 4.29. The molecule has 2 aliphatic rings. The van der Waals surface area contributed by atoms with Crippen molar-refractivity contribution < 1.29 is 0 Å². The number of nitrogens with zero attached hydrogens (tertiary/aromatic N) is 3. The van der Waals surface area contributed by atoms with Crippen molar-refractivity contribution in [3.63, 3.8) is 0 Å². The highest BCUT2D eigenvalue weighted by molar-refractivity contribution is 5.37. The highest BCUT2D eigenvalue weighted by Crippen LogP contribution is 2.41. The minimum absolute atomic E-state index is 0.498. The summed E-state index contributed by atoms with van der Waals surface area (Å²) in [4.78, 5) is 11.3. The molecular formula is C15H21N3. The van der Waals surface area contributed by atoms with E-state index in [1.807, 2.05) is 19.3 Å². The van der Waals surface area contributed by atoms with Crippen LogP contribution >= 0.6 is 0 Å². The summed E-state index contributed by atoms with van der Waals surface area (Å²) in [5.74, 6) is 1.06. The Labute approximate surface area is 109 Å². The lowest BCUT2D eigenvalue weighted by Gasteiger charge is -2.44. The summed E-state index contributed by atoms with van der Waals surface area (Å²) in [6, 6.07) is 0. The molecule has 96 valence electrons. The molecule has 0 aromatic carbocycles. The number of hydrogen-bond donors (Lipinski definition) is 0. The molecule has 3 nitrogen and oxygen atoms in total. The van der Waals surface area contributed by atoms with Gasteiger partial charge < -0.3 is 4.90 Å². The lowest BCUT2D eigenvalue weighted by molar-refractivity contribution is 0.209. The molecule has 3 rings (SSSR count). The summed E-state index contributed by atoms with van der Waals surface area (Å²) in [5, 5.41) is 0. The lowest BCUT2D eigenvalue weighted by Crippen LogP contribution is -2.44. The third kappa shape index (κ3) is 2.26. The van der Waals surface area contributed by atoms with E-state index in [1.54, 1.807) is 0 Å². The maximum Gasteiger partial charge on any atom is 0.147 e. The van der Waals surface area contributed by atoms with Gasteiger partial charge in [0.05, 0.1) is 11.9 Å². The molecule has 0 saturated carbocycles. The molecule has 1 aliphatic heterocycles. The van der Waals surface area contributed by atoms with E-state index >= 15 is 0 Å². The van der Waals surface area contributed by atoms with Crippen LogP contribution in [0.15, 0.2) is 24.5 Å². The molecule has 1 spiro atoms. The van der Waals surface area contributed by atoms with Gasteiger partial charge in [0.1, 0.15) is 5.82 Å². The molecule has 3 heteroatoms. The van der Waals surface area contributed by atoms with Crippen LogP contribution in [0.4, 0.5) is 5.82 Å². The first-order valence-corrected chi connectivity index (χ1v) is 6.96. The predicted molar refractivity (Wildman–Crippen MR) is 73.6 cm³/mol. The van der Waals surface area contributed by atoms with Crippen molar-refractivity contribution >= 4 is 5.82 Å². The van der Waals surface area contributed by atoms with Crippen LogP contribution in [-0.2, 0) is 0 Å². The quantitative estimate of drug-likeness (QED) is 0.710. The van der Waals surface area contributed by atoms with Gasteiger partial charge in [-0.05, 0) is 44.4 Å². The van der Waals surface area contributed by atoms with Gasteiger partial charge in [-0.2, -0.15) is 0 Å². The van der Waals surface area contributed by atoms with E-state index in [1.165, 1.54) is 32.1 Å². The summed E-state index contributed by atoms with van der Waals surface area (Å²) >= 11 is 0. The number of rotatable bonds is 1. The standard InChI is InChI=1S/C15H21N3/c1-13-10-16-11-14(17-13)18-9-5-8-15(12-18)6-3-2-4-7-15/h2-3,10-11H,4-9,12H2,1H3. The van der Waals surface area contributed by atoms with E-state index in [9.17, 15) is 0 Å². The predicted octanol–water partition coefficient (Wildman–Crippen LogP) is 3.11. The number of piperidine rings is 1. The van der Waals surface area contributed by atoms with Gasteiger partial charge in [-0.15, -0.1) is 0 Å². The molecule has 2 heterocycles. The maximum atomic E-state index is 4.62. The van der Waals surface area contributed by atoms with Gasteiger partial charge in [0.15, 0.2) is 0 Å². The zero-order chi connectivity index (χ0) is 12.4. The number of allylic oxidation sites excluding steroid dienone is 2. The van der Waals surface area contributed by atoms with Crippen LogP contribution in [0.3, 0.4) is 0 Å². The monoisotopic (exact) mass is 243 g/mol. The van der Waals surface area contributed by atoms with Crippen molar-refractivity contribution in [1.29, 1.82) is 0 Å². The van der Waals surface area contributed by atoms with Gasteiger partial charge in [-0.1, -0.05) is 12.2 Å².